The Labute approximate surface area is 121 Å². The monoisotopic (exact) mass is 324 g/mol. The number of ketones is 1. The smallest absolute Gasteiger partial charge is 0.309 e. The second kappa shape index (κ2) is 6.33. The Morgan fingerprint density at radius 3 is 2.84 bits per heavy atom. The summed E-state index contributed by atoms with van der Waals surface area (Å²) in [4.78, 5) is 23.4. The molecule has 0 unspecified atom stereocenters. The molecule has 1 aromatic rings. The van der Waals surface area contributed by atoms with E-state index in [0.717, 1.165) is 16.5 Å². The van der Waals surface area contributed by atoms with E-state index in [4.69, 9.17) is 4.74 Å². The number of Topliss-reactive ketones (excluding diaryl/α,β-unsaturated/α-hetero) is 1. The van der Waals surface area contributed by atoms with Crippen molar-refractivity contribution in [1.82, 2.24) is 0 Å². The van der Waals surface area contributed by atoms with Gasteiger partial charge in [0.1, 0.15) is 5.78 Å². The molecule has 0 amide bonds. The molecule has 0 saturated heterocycles. The first-order valence-electron chi connectivity index (χ1n) is 6.55. The van der Waals surface area contributed by atoms with Crippen molar-refractivity contribution in [3.05, 3.63) is 34.3 Å². The summed E-state index contributed by atoms with van der Waals surface area (Å²) in [7, 11) is 0. The van der Waals surface area contributed by atoms with Crippen LogP contribution in [0, 0.1) is 11.8 Å². The quantitative estimate of drug-likeness (QED) is 0.755. The SMILES string of the molecule is CCOC(=O)[C@H]1C[C@@H]1C(=O)CCc1cccc(Br)c1. The summed E-state index contributed by atoms with van der Waals surface area (Å²) in [5, 5.41) is 0. The summed E-state index contributed by atoms with van der Waals surface area (Å²) >= 11 is 3.41. The molecular weight excluding hydrogens is 308 g/mol. The van der Waals surface area contributed by atoms with Crippen molar-refractivity contribution in [3.63, 3.8) is 0 Å². The van der Waals surface area contributed by atoms with Crippen LogP contribution >= 0.6 is 15.9 Å². The van der Waals surface area contributed by atoms with E-state index in [0.29, 0.717) is 19.4 Å². The topological polar surface area (TPSA) is 43.4 Å². The van der Waals surface area contributed by atoms with Crippen LogP contribution < -0.4 is 0 Å². The van der Waals surface area contributed by atoms with Gasteiger partial charge in [-0.3, -0.25) is 9.59 Å². The number of esters is 1. The van der Waals surface area contributed by atoms with Crippen LogP contribution in [0.3, 0.4) is 0 Å². The highest BCUT2D eigenvalue weighted by molar-refractivity contribution is 9.10. The molecule has 1 aliphatic carbocycles. The van der Waals surface area contributed by atoms with E-state index in [1.807, 2.05) is 24.3 Å². The Balaban J connectivity index is 1.79. The summed E-state index contributed by atoms with van der Waals surface area (Å²) in [6, 6.07) is 7.95. The summed E-state index contributed by atoms with van der Waals surface area (Å²) in [6.07, 6.45) is 1.89. The number of ether oxygens (including phenoxy) is 1. The van der Waals surface area contributed by atoms with Gasteiger partial charge in [0.05, 0.1) is 12.5 Å². The van der Waals surface area contributed by atoms with E-state index in [2.05, 4.69) is 15.9 Å². The fourth-order valence-corrected chi connectivity index (χ4v) is 2.65. The maximum atomic E-state index is 12.0. The Kier molecular flexibility index (Phi) is 4.75. The number of aryl methyl sites for hydroxylation is 1. The van der Waals surface area contributed by atoms with Crippen LogP contribution in [-0.4, -0.2) is 18.4 Å². The average Bonchev–Trinajstić information content (AvgIpc) is 3.17. The zero-order chi connectivity index (χ0) is 13.8. The fourth-order valence-electron chi connectivity index (χ4n) is 2.21. The Morgan fingerprint density at radius 2 is 2.16 bits per heavy atom. The van der Waals surface area contributed by atoms with E-state index in [1.165, 1.54) is 0 Å². The number of hydrogen-bond donors (Lipinski definition) is 0. The predicted molar refractivity (Wildman–Crippen MR) is 75.7 cm³/mol. The number of rotatable bonds is 6. The Bertz CT molecular complexity index is 484. The van der Waals surface area contributed by atoms with E-state index in [9.17, 15) is 9.59 Å². The Morgan fingerprint density at radius 1 is 1.37 bits per heavy atom. The van der Waals surface area contributed by atoms with E-state index in [-0.39, 0.29) is 23.6 Å². The lowest BCUT2D eigenvalue weighted by Gasteiger charge is -2.02. The average molecular weight is 325 g/mol. The van der Waals surface area contributed by atoms with Gasteiger partial charge < -0.3 is 4.74 Å². The molecule has 3 nitrogen and oxygen atoms in total. The molecule has 0 aromatic heterocycles. The summed E-state index contributed by atoms with van der Waals surface area (Å²) in [6.45, 7) is 2.17. The zero-order valence-electron chi connectivity index (χ0n) is 10.9. The predicted octanol–water partition coefficient (Wildman–Crippen LogP) is 3.15. The van der Waals surface area contributed by atoms with Crippen LogP contribution in [0.4, 0.5) is 0 Å². The molecule has 4 heteroatoms. The molecular formula is C15H17BrO3. The summed E-state index contributed by atoms with van der Waals surface area (Å²) in [5.74, 6) is -0.331. The fraction of sp³-hybridized carbons (Fsp3) is 0.467. The molecule has 0 spiro atoms. The number of carbonyl (C=O) groups excluding carboxylic acids is 2. The van der Waals surface area contributed by atoms with Gasteiger partial charge in [0.2, 0.25) is 0 Å². The van der Waals surface area contributed by atoms with Gasteiger partial charge in [0.25, 0.3) is 0 Å². The minimum atomic E-state index is -0.219. The molecule has 0 radical (unpaired) electrons. The molecule has 0 aliphatic heterocycles. The van der Waals surface area contributed by atoms with Crippen LogP contribution in [0.15, 0.2) is 28.7 Å². The lowest BCUT2D eigenvalue weighted by Crippen LogP contribution is -2.12. The molecule has 1 aliphatic rings. The number of hydrogen-bond acceptors (Lipinski definition) is 3. The van der Waals surface area contributed by atoms with Crippen LogP contribution in [-0.2, 0) is 20.7 Å². The molecule has 0 bridgehead atoms. The van der Waals surface area contributed by atoms with Crippen LogP contribution in [0.5, 0.6) is 0 Å². The maximum Gasteiger partial charge on any atom is 0.309 e. The maximum absolute atomic E-state index is 12.0. The molecule has 0 N–H and O–H groups in total. The van der Waals surface area contributed by atoms with Gasteiger partial charge in [-0.2, -0.15) is 0 Å². The van der Waals surface area contributed by atoms with Gasteiger partial charge in [-0.1, -0.05) is 28.1 Å². The number of carbonyl (C=O) groups is 2. The Hall–Kier alpha value is -1.16. The van der Waals surface area contributed by atoms with Crippen molar-refractivity contribution in [1.29, 1.82) is 0 Å². The molecule has 19 heavy (non-hydrogen) atoms. The zero-order valence-corrected chi connectivity index (χ0v) is 12.5. The second-order valence-corrected chi connectivity index (χ2v) is 5.71. The molecule has 2 atom stereocenters. The first-order chi connectivity index (χ1) is 9.11. The second-order valence-electron chi connectivity index (χ2n) is 4.80. The van der Waals surface area contributed by atoms with Crippen LogP contribution in [0.2, 0.25) is 0 Å². The minimum Gasteiger partial charge on any atom is -0.466 e. The lowest BCUT2D eigenvalue weighted by molar-refractivity contribution is -0.145. The van der Waals surface area contributed by atoms with E-state index >= 15 is 0 Å². The van der Waals surface area contributed by atoms with Crippen molar-refractivity contribution in [3.8, 4) is 0 Å². The molecule has 1 aromatic carbocycles. The van der Waals surface area contributed by atoms with Gasteiger partial charge in [0.15, 0.2) is 0 Å². The molecule has 102 valence electrons. The van der Waals surface area contributed by atoms with Crippen molar-refractivity contribution < 1.29 is 14.3 Å². The number of benzene rings is 1. The lowest BCUT2D eigenvalue weighted by atomic mass is 10.0. The van der Waals surface area contributed by atoms with E-state index in [1.54, 1.807) is 6.92 Å². The van der Waals surface area contributed by atoms with Crippen molar-refractivity contribution in [2.75, 3.05) is 6.61 Å². The number of halogens is 1. The van der Waals surface area contributed by atoms with Gasteiger partial charge in [-0.15, -0.1) is 0 Å². The van der Waals surface area contributed by atoms with Gasteiger partial charge in [-0.25, -0.2) is 0 Å². The minimum absolute atomic E-state index is 0.105. The third kappa shape index (κ3) is 3.90. The van der Waals surface area contributed by atoms with Crippen molar-refractivity contribution in [2.24, 2.45) is 11.8 Å². The highest BCUT2D eigenvalue weighted by atomic mass is 79.9. The third-order valence-electron chi connectivity index (χ3n) is 3.34. The van der Waals surface area contributed by atoms with Gasteiger partial charge in [-0.05, 0) is 37.5 Å². The standard InChI is InChI=1S/C15H17BrO3/c1-2-19-15(18)13-9-12(13)14(17)7-6-10-4-3-5-11(16)8-10/h3-5,8,12-13H,2,6-7,9H2,1H3/t12-,13-/m0/s1. The summed E-state index contributed by atoms with van der Waals surface area (Å²) < 4.78 is 5.95. The van der Waals surface area contributed by atoms with Gasteiger partial charge >= 0.3 is 5.97 Å². The molecule has 0 heterocycles. The molecule has 1 fully saturated rings. The highest BCUT2D eigenvalue weighted by Gasteiger charge is 2.48. The van der Waals surface area contributed by atoms with Crippen LogP contribution in [0.25, 0.3) is 0 Å². The first-order valence-corrected chi connectivity index (χ1v) is 7.35. The van der Waals surface area contributed by atoms with Gasteiger partial charge in [0, 0.05) is 16.8 Å². The third-order valence-corrected chi connectivity index (χ3v) is 3.84. The first kappa shape index (κ1) is 14.3. The van der Waals surface area contributed by atoms with Crippen molar-refractivity contribution >= 4 is 27.7 Å². The molecule has 1 saturated carbocycles. The van der Waals surface area contributed by atoms with Crippen molar-refractivity contribution in [2.45, 2.75) is 26.2 Å². The highest BCUT2D eigenvalue weighted by Crippen LogP contribution is 2.41. The largest absolute Gasteiger partial charge is 0.466 e. The molecule has 2 rings (SSSR count). The van der Waals surface area contributed by atoms with E-state index < -0.39 is 0 Å². The summed E-state index contributed by atoms with van der Waals surface area (Å²) in [5.41, 5.74) is 1.14. The van der Waals surface area contributed by atoms with Crippen LogP contribution in [0.1, 0.15) is 25.3 Å². The normalized spacial score (nSPS) is 20.9.